The maximum Gasteiger partial charge on any atom is 0.421 e. The molecule has 7 aromatic heterocycles. The number of hydrogen-bond acceptors (Lipinski definition) is 10. The summed E-state index contributed by atoms with van der Waals surface area (Å²) in [4.78, 5) is 37.5. The quantitative estimate of drug-likeness (QED) is 0.110. The number of fused-ring (bicyclic) bond motifs is 2. The van der Waals surface area contributed by atoms with Gasteiger partial charge < -0.3 is 18.6 Å². The molecule has 19 heteroatoms. The standard InChI is InChI=1S/C55H53F3N10O5S/c1-32-18-19-59-45(29-67-21-8-9-22-74(67,70)71)42(32)30-72-47-16-10-13-38-40(24-35(4)61-51(38)47)50-34(3)27-68(64-50)49-23-33(2)43(46(63-49)28-66-20-12-15-44(54(66)69)55(56,57)58)31-73-48-17-11-14-39-41(25-36(5)62-52(39)48)53-60-26-37(6)65(53)7/h10-20,23-27H,8-9,21-22,28-31H2,1-7H3/p+1. The van der Waals surface area contributed by atoms with Crippen molar-refractivity contribution in [3.05, 3.63) is 170 Å². The first kappa shape index (κ1) is 49.8. The Labute approximate surface area is 425 Å². The van der Waals surface area contributed by atoms with E-state index in [2.05, 4.69) is 15.1 Å². The van der Waals surface area contributed by atoms with Gasteiger partial charge in [-0.15, -0.1) is 4.68 Å². The number of imidazole rings is 1. The number of ether oxygens (including phenoxy) is 2. The number of rotatable bonds is 13. The average molecular weight is 1020 g/mol. The summed E-state index contributed by atoms with van der Waals surface area (Å²) in [7, 11) is -1.42. The third kappa shape index (κ3) is 9.64. The highest BCUT2D eigenvalue weighted by Crippen LogP contribution is 2.36. The second-order valence-corrected chi connectivity index (χ2v) is 21.0. The van der Waals surface area contributed by atoms with E-state index in [4.69, 9.17) is 24.4 Å². The molecule has 0 aliphatic carbocycles. The Hall–Kier alpha value is -7.77. The van der Waals surface area contributed by atoms with E-state index in [9.17, 15) is 26.4 Å². The smallest absolute Gasteiger partial charge is 0.421 e. The summed E-state index contributed by atoms with van der Waals surface area (Å²) in [5.41, 5.74) is 8.58. The largest absolute Gasteiger partial charge is 0.487 e. The molecule has 0 bridgehead atoms. The highest BCUT2D eigenvalue weighted by molar-refractivity contribution is 7.89. The highest BCUT2D eigenvalue weighted by atomic mass is 32.2. The third-order valence-corrected chi connectivity index (χ3v) is 15.7. The van der Waals surface area contributed by atoms with Crippen LogP contribution >= 0.6 is 0 Å². The molecule has 1 N–H and O–H groups in total. The molecule has 9 aromatic rings. The number of aryl methyl sites for hydroxylation is 6. The molecule has 380 valence electrons. The van der Waals surface area contributed by atoms with Gasteiger partial charge in [-0.2, -0.15) is 17.5 Å². The summed E-state index contributed by atoms with van der Waals surface area (Å²) in [5.74, 6) is 2.34. The Bertz CT molecular complexity index is 3850. The van der Waals surface area contributed by atoms with Crippen LogP contribution in [0.4, 0.5) is 13.2 Å². The van der Waals surface area contributed by atoms with Crippen molar-refractivity contribution in [2.24, 2.45) is 7.05 Å². The minimum absolute atomic E-state index is 0.0396. The first-order valence-corrected chi connectivity index (χ1v) is 25.8. The molecule has 1 fully saturated rings. The van der Waals surface area contributed by atoms with Crippen LogP contribution < -0.4 is 19.7 Å². The number of pyridine rings is 5. The number of nitrogens with zero attached hydrogens (tertiary/aromatic N) is 9. The minimum atomic E-state index is -4.86. The summed E-state index contributed by atoms with van der Waals surface area (Å²) in [6.07, 6.45) is 3.29. The van der Waals surface area contributed by atoms with Gasteiger partial charge in [-0.3, -0.25) is 9.78 Å². The normalized spacial score (nSPS) is 14.0. The zero-order chi connectivity index (χ0) is 52.2. The van der Waals surface area contributed by atoms with E-state index >= 15 is 0 Å². The second-order valence-electron chi connectivity index (χ2n) is 18.9. The average Bonchev–Trinajstić information content (AvgIpc) is 3.91. The van der Waals surface area contributed by atoms with Crippen LogP contribution in [0.25, 0.3) is 50.3 Å². The molecule has 2 aromatic carbocycles. The summed E-state index contributed by atoms with van der Waals surface area (Å²) < 4.78 is 87.5. The lowest BCUT2D eigenvalue weighted by atomic mass is 10.0. The Morgan fingerprint density at radius 2 is 1.41 bits per heavy atom. The number of benzene rings is 2. The molecule has 15 nitrogen and oxygen atoms in total. The van der Waals surface area contributed by atoms with E-state index in [1.165, 1.54) is 16.6 Å². The zero-order valence-corrected chi connectivity index (χ0v) is 42.8. The minimum Gasteiger partial charge on any atom is -0.487 e. The van der Waals surface area contributed by atoms with Crippen molar-refractivity contribution < 1.29 is 35.7 Å². The van der Waals surface area contributed by atoms with E-state index in [1.54, 1.807) is 10.9 Å². The summed E-state index contributed by atoms with van der Waals surface area (Å²) in [5, 5.41) is 5.15. The van der Waals surface area contributed by atoms with E-state index < -0.39 is 27.3 Å². The van der Waals surface area contributed by atoms with Crippen molar-refractivity contribution in [3.8, 4) is 40.0 Å². The van der Waals surface area contributed by atoms with Crippen molar-refractivity contribution >= 4 is 31.8 Å². The number of halogens is 3. The topological polar surface area (TPSA) is 167 Å². The van der Waals surface area contributed by atoms with Crippen LogP contribution in [-0.2, 0) is 49.6 Å². The van der Waals surface area contributed by atoms with E-state index in [0.29, 0.717) is 58.3 Å². The summed E-state index contributed by atoms with van der Waals surface area (Å²) >= 11 is 0. The molecule has 1 aliphatic heterocycles. The molecule has 10 rings (SSSR count). The van der Waals surface area contributed by atoms with Gasteiger partial charge in [0.25, 0.3) is 5.56 Å². The van der Waals surface area contributed by atoms with Crippen molar-refractivity contribution in [2.75, 3.05) is 12.3 Å². The predicted octanol–water partition coefficient (Wildman–Crippen LogP) is 9.41. The molecule has 1 saturated heterocycles. The number of hydrogen-bond donors (Lipinski definition) is 1. The Morgan fingerprint density at radius 3 is 2.05 bits per heavy atom. The maximum atomic E-state index is 14.1. The van der Waals surface area contributed by atoms with Gasteiger partial charge in [0.1, 0.15) is 53.3 Å². The molecule has 0 saturated carbocycles. The first-order valence-electron chi connectivity index (χ1n) is 24.2. The number of aromatic amines is 1. The number of sulfonamides is 1. The van der Waals surface area contributed by atoms with E-state index in [0.717, 1.165) is 89.8 Å². The van der Waals surface area contributed by atoms with Gasteiger partial charge in [0.2, 0.25) is 10.0 Å². The fourth-order valence-corrected chi connectivity index (χ4v) is 11.2. The van der Waals surface area contributed by atoms with Gasteiger partial charge in [0, 0.05) is 93.9 Å². The molecule has 74 heavy (non-hydrogen) atoms. The monoisotopic (exact) mass is 1020 g/mol. The molecule has 0 unspecified atom stereocenters. The van der Waals surface area contributed by atoms with Gasteiger partial charge in [-0.1, -0.05) is 24.3 Å². The molecule has 1 aliphatic rings. The van der Waals surface area contributed by atoms with Gasteiger partial charge in [0.15, 0.2) is 5.69 Å². The fraction of sp³-hybridized carbons (Fsp3) is 0.291. The van der Waals surface area contributed by atoms with Crippen LogP contribution in [-0.4, -0.2) is 64.2 Å². The molecule has 8 heterocycles. The van der Waals surface area contributed by atoms with Crippen LogP contribution in [0.1, 0.15) is 74.7 Å². The van der Waals surface area contributed by atoms with Crippen LogP contribution in [0.3, 0.4) is 0 Å². The van der Waals surface area contributed by atoms with Crippen molar-refractivity contribution in [3.63, 3.8) is 0 Å². The molecule has 0 spiro atoms. The lowest BCUT2D eigenvalue weighted by molar-refractivity contribution is -0.658. The lowest BCUT2D eigenvalue weighted by Gasteiger charge is -2.26. The molecular formula is C55H54F3N10O5S+. The fourth-order valence-electron chi connectivity index (χ4n) is 9.67. The highest BCUT2D eigenvalue weighted by Gasteiger charge is 2.35. The van der Waals surface area contributed by atoms with Gasteiger partial charge >= 0.3 is 12.0 Å². The Morgan fingerprint density at radius 1 is 0.743 bits per heavy atom. The number of alkyl halides is 3. The van der Waals surface area contributed by atoms with Gasteiger partial charge in [-0.25, -0.2) is 28.5 Å². The van der Waals surface area contributed by atoms with Crippen molar-refractivity contribution in [2.45, 2.75) is 86.9 Å². The molecule has 0 amide bonds. The Kier molecular flexibility index (Phi) is 13.2. The number of H-pyrrole nitrogens is 1. The lowest BCUT2D eigenvalue weighted by Crippen LogP contribution is -2.37. The van der Waals surface area contributed by atoms with Crippen LogP contribution in [0, 0.1) is 41.5 Å². The van der Waals surface area contributed by atoms with Crippen LogP contribution in [0.15, 0.2) is 102 Å². The van der Waals surface area contributed by atoms with Crippen molar-refractivity contribution in [1.82, 2.24) is 43.5 Å². The second kappa shape index (κ2) is 19.6. The molecule has 0 atom stereocenters. The van der Waals surface area contributed by atoms with Gasteiger partial charge in [-0.05, 0) is 113 Å². The SMILES string of the molecule is Cc1cc(-c2[nH][n+](-c3cc(C)c(COc4cccc5c(-c6ncc(C)n6C)cc(C)nc45)c(Cn4cccc(C(F)(F)F)c4=O)n3)cc2C)c2cccc(OCc3c(C)ccnc3CN3CCCCS3(=O)=O)c2n1. The van der Waals surface area contributed by atoms with Crippen LogP contribution in [0.2, 0.25) is 0 Å². The summed E-state index contributed by atoms with van der Waals surface area (Å²) in [6, 6.07) is 21.1. The number of aromatic nitrogens is 9. The number of para-hydroxylation sites is 2. The van der Waals surface area contributed by atoms with Crippen LogP contribution in [0.5, 0.6) is 11.5 Å². The zero-order valence-electron chi connectivity index (χ0n) is 42.0. The summed E-state index contributed by atoms with van der Waals surface area (Å²) in [6.45, 7) is 12.0. The van der Waals surface area contributed by atoms with E-state index in [-0.39, 0.29) is 32.1 Å². The maximum absolute atomic E-state index is 14.1. The number of nitrogens with one attached hydrogen (secondary N) is 1. The molecular weight excluding hydrogens is 970 g/mol. The Balaban J connectivity index is 1.000. The molecule has 0 radical (unpaired) electrons. The van der Waals surface area contributed by atoms with E-state index in [1.807, 2.05) is 126 Å². The predicted molar refractivity (Wildman–Crippen MR) is 274 cm³/mol. The van der Waals surface area contributed by atoms with Crippen molar-refractivity contribution in [1.29, 1.82) is 0 Å². The van der Waals surface area contributed by atoms with Gasteiger partial charge in [0.05, 0.1) is 30.2 Å². The third-order valence-electron chi connectivity index (χ3n) is 13.8. The first-order chi connectivity index (χ1) is 35.3.